The summed E-state index contributed by atoms with van der Waals surface area (Å²) in [4.78, 5) is 8.52. The van der Waals surface area contributed by atoms with Crippen molar-refractivity contribution >= 4 is 43.6 Å². The van der Waals surface area contributed by atoms with Crippen molar-refractivity contribution in [1.82, 2.24) is 19.1 Å². The Morgan fingerprint density at radius 3 is 1.52 bits per heavy atom. The first kappa shape index (κ1) is 35.8. The molecule has 3 aromatic heterocycles. The number of para-hydroxylation sites is 2. The molecule has 0 bridgehead atoms. The summed E-state index contributed by atoms with van der Waals surface area (Å²) in [5.74, 6) is 0. The Kier molecular flexibility index (Phi) is 14.8. The van der Waals surface area contributed by atoms with Crippen LogP contribution in [-0.4, -0.2) is 19.1 Å². The Labute approximate surface area is 265 Å². The minimum absolute atomic E-state index is 0.716. The van der Waals surface area contributed by atoms with Gasteiger partial charge in [0.1, 0.15) is 6.33 Å². The molecule has 4 aromatic carbocycles. The Morgan fingerprint density at radius 2 is 0.955 bits per heavy atom. The van der Waals surface area contributed by atoms with Crippen LogP contribution in [0.3, 0.4) is 0 Å². The third-order valence-electron chi connectivity index (χ3n) is 6.98. The van der Waals surface area contributed by atoms with Gasteiger partial charge in [0.05, 0.1) is 12.2 Å². The Morgan fingerprint density at radius 1 is 0.500 bits per heavy atom. The summed E-state index contributed by atoms with van der Waals surface area (Å²) in [7, 11) is 2.14. The summed E-state index contributed by atoms with van der Waals surface area (Å²) in [6, 6.07) is 32.9. The molecule has 7 rings (SSSR count). The number of benzene rings is 4. The number of rotatable bonds is 3. The number of hydrogen-bond donors (Lipinski definition) is 0. The molecule has 0 amide bonds. The summed E-state index contributed by atoms with van der Waals surface area (Å²) in [5, 5.41) is 5.12. The Balaban J connectivity index is 0.000000618. The van der Waals surface area contributed by atoms with Crippen LogP contribution < -0.4 is 0 Å². The van der Waals surface area contributed by atoms with E-state index in [9.17, 15) is 0 Å². The predicted octanol–water partition coefficient (Wildman–Crippen LogP) is 12.1. The van der Waals surface area contributed by atoms with E-state index in [4.69, 9.17) is 0 Å². The Bertz CT molecular complexity index is 1840. The van der Waals surface area contributed by atoms with E-state index in [-0.39, 0.29) is 0 Å². The van der Waals surface area contributed by atoms with E-state index >= 15 is 0 Å². The third kappa shape index (κ3) is 7.19. The van der Waals surface area contributed by atoms with E-state index in [0.717, 1.165) is 5.69 Å². The van der Waals surface area contributed by atoms with E-state index in [0.29, 0.717) is 6.54 Å². The molecule has 0 saturated heterocycles. The first-order chi connectivity index (χ1) is 21.8. The normalized spacial score (nSPS) is 9.80. The van der Waals surface area contributed by atoms with Crippen molar-refractivity contribution in [2.75, 3.05) is 0 Å². The zero-order valence-corrected chi connectivity index (χ0v) is 28.8. The zero-order valence-electron chi connectivity index (χ0n) is 28.8. The van der Waals surface area contributed by atoms with Crippen molar-refractivity contribution < 1.29 is 0 Å². The largest absolute Gasteiger partial charge is 0.344 e. The highest BCUT2D eigenvalue weighted by molar-refractivity contribution is 6.11. The number of nitrogens with zero attached hydrogens (tertiary/aromatic N) is 4. The second-order valence-corrected chi connectivity index (χ2v) is 8.84. The summed E-state index contributed by atoms with van der Waals surface area (Å²) in [6.07, 6.45) is 3.42. The lowest BCUT2D eigenvalue weighted by Crippen LogP contribution is -2.01. The van der Waals surface area contributed by atoms with E-state index in [1.807, 2.05) is 75.3 Å². The van der Waals surface area contributed by atoms with Crippen molar-refractivity contribution in [1.29, 1.82) is 0 Å². The quantitative estimate of drug-likeness (QED) is 0.206. The summed E-state index contributed by atoms with van der Waals surface area (Å²) in [5.41, 5.74) is 8.42. The average molecular weight is 589 g/mol. The first-order valence-corrected chi connectivity index (χ1v) is 16.5. The van der Waals surface area contributed by atoms with Crippen LogP contribution in [0, 0.1) is 0 Å². The van der Waals surface area contributed by atoms with Crippen LogP contribution in [0.15, 0.2) is 104 Å². The molecule has 232 valence electrons. The van der Waals surface area contributed by atoms with Gasteiger partial charge < -0.3 is 9.13 Å². The highest BCUT2D eigenvalue weighted by atomic mass is 15.0. The lowest BCUT2D eigenvalue weighted by Gasteiger charge is -2.08. The van der Waals surface area contributed by atoms with Gasteiger partial charge in [-0.1, -0.05) is 118 Å². The van der Waals surface area contributed by atoms with Gasteiger partial charge in [0, 0.05) is 56.9 Å². The van der Waals surface area contributed by atoms with Crippen LogP contribution in [0.1, 0.15) is 74.9 Å². The predicted molar refractivity (Wildman–Crippen MR) is 197 cm³/mol. The van der Waals surface area contributed by atoms with E-state index in [2.05, 4.69) is 111 Å². The molecule has 7 aromatic rings. The second-order valence-electron chi connectivity index (χ2n) is 8.84. The van der Waals surface area contributed by atoms with E-state index < -0.39 is 0 Å². The van der Waals surface area contributed by atoms with Gasteiger partial charge in [-0.15, -0.1) is 0 Å². The SMILES string of the molecule is CC.CC.CC.CC.CC.Cn1c2ccccc2c2cc(-c3ccc4c(c3)c3ccccc3n4Cc3ccncn3)ccc21. The average Bonchev–Trinajstić information content (AvgIpc) is 3.60. The van der Waals surface area contributed by atoms with Gasteiger partial charge >= 0.3 is 0 Å². The fraction of sp³-hybridized carbons (Fsp3) is 0.300. The van der Waals surface area contributed by atoms with Crippen LogP contribution in [0.5, 0.6) is 0 Å². The van der Waals surface area contributed by atoms with Gasteiger partial charge in [0.2, 0.25) is 0 Å². The lowest BCUT2D eigenvalue weighted by molar-refractivity contribution is 0.827. The van der Waals surface area contributed by atoms with Crippen molar-refractivity contribution in [3.63, 3.8) is 0 Å². The monoisotopic (exact) mass is 588 g/mol. The van der Waals surface area contributed by atoms with Crippen molar-refractivity contribution in [3.05, 3.63) is 109 Å². The topological polar surface area (TPSA) is 35.6 Å². The van der Waals surface area contributed by atoms with Crippen LogP contribution >= 0.6 is 0 Å². The van der Waals surface area contributed by atoms with Gasteiger partial charge in [-0.2, -0.15) is 0 Å². The molecule has 0 fully saturated rings. The van der Waals surface area contributed by atoms with Crippen LogP contribution in [0.25, 0.3) is 54.7 Å². The van der Waals surface area contributed by atoms with Crippen molar-refractivity contribution in [2.24, 2.45) is 7.05 Å². The van der Waals surface area contributed by atoms with Gasteiger partial charge in [0.15, 0.2) is 0 Å². The molecule has 4 heteroatoms. The smallest absolute Gasteiger partial charge is 0.115 e. The molecular weight excluding hydrogens is 536 g/mol. The highest BCUT2D eigenvalue weighted by Crippen LogP contribution is 2.35. The summed E-state index contributed by atoms with van der Waals surface area (Å²) >= 11 is 0. The fourth-order valence-electron chi connectivity index (χ4n) is 5.32. The molecule has 44 heavy (non-hydrogen) atoms. The molecule has 0 aliphatic carbocycles. The maximum absolute atomic E-state index is 4.45. The van der Waals surface area contributed by atoms with Crippen LogP contribution in [-0.2, 0) is 13.6 Å². The molecule has 0 spiro atoms. The van der Waals surface area contributed by atoms with Crippen LogP contribution in [0.4, 0.5) is 0 Å². The highest BCUT2D eigenvalue weighted by Gasteiger charge is 2.14. The Hall–Kier alpha value is -4.44. The zero-order chi connectivity index (χ0) is 32.6. The van der Waals surface area contributed by atoms with Gasteiger partial charge in [-0.25, -0.2) is 9.97 Å². The van der Waals surface area contributed by atoms with Crippen molar-refractivity contribution in [3.8, 4) is 11.1 Å². The van der Waals surface area contributed by atoms with Crippen molar-refractivity contribution in [2.45, 2.75) is 75.8 Å². The van der Waals surface area contributed by atoms with Gasteiger partial charge in [0.25, 0.3) is 0 Å². The van der Waals surface area contributed by atoms with E-state index in [1.165, 1.54) is 54.7 Å². The maximum atomic E-state index is 4.45. The van der Waals surface area contributed by atoms with Crippen LogP contribution in [0.2, 0.25) is 0 Å². The molecule has 3 heterocycles. The molecule has 4 nitrogen and oxygen atoms in total. The minimum Gasteiger partial charge on any atom is -0.344 e. The summed E-state index contributed by atoms with van der Waals surface area (Å²) < 4.78 is 4.63. The standard InChI is InChI=1S/C30H22N4.5C2H6/c1-33-27-8-4-2-6-23(27)25-16-20(10-12-28(25)33)21-11-13-30-26(17-21)24-7-3-5-9-29(24)34(30)18-22-14-15-31-19-32-22;5*1-2/h2-17,19H,18H2,1H3;5*1-2H3. The third-order valence-corrected chi connectivity index (χ3v) is 6.98. The van der Waals surface area contributed by atoms with Gasteiger partial charge in [-0.05, 0) is 53.6 Å². The molecule has 0 radical (unpaired) electrons. The molecule has 0 atom stereocenters. The van der Waals surface area contributed by atoms with Gasteiger partial charge in [-0.3, -0.25) is 0 Å². The number of aromatic nitrogens is 4. The molecule has 0 unspecified atom stereocenters. The lowest BCUT2D eigenvalue weighted by atomic mass is 10.0. The molecular formula is C40H52N4. The summed E-state index contributed by atoms with van der Waals surface area (Å²) in [6.45, 7) is 20.7. The number of fused-ring (bicyclic) bond motifs is 6. The molecule has 0 N–H and O–H groups in total. The second kappa shape index (κ2) is 18.3. The van der Waals surface area contributed by atoms with E-state index in [1.54, 1.807) is 12.5 Å². The maximum Gasteiger partial charge on any atom is 0.115 e. The first-order valence-electron chi connectivity index (χ1n) is 16.5. The molecule has 0 aliphatic rings. The minimum atomic E-state index is 0.716. The molecule has 0 aliphatic heterocycles. The fourth-order valence-corrected chi connectivity index (χ4v) is 5.32. The number of aryl methyl sites for hydroxylation is 1. The number of hydrogen-bond acceptors (Lipinski definition) is 2. The molecule has 0 saturated carbocycles.